The molecule has 1 aromatic heterocycles. The molecule has 0 fully saturated rings. The van der Waals surface area contributed by atoms with Crippen LogP contribution in [0.2, 0.25) is 0 Å². The Hall–Kier alpha value is -1.09. The molecule has 58 valence electrons. The highest BCUT2D eigenvalue weighted by Gasteiger charge is 2.06. The second-order valence-corrected chi connectivity index (χ2v) is 2.41. The van der Waals surface area contributed by atoms with Gasteiger partial charge in [-0.2, -0.15) is 0 Å². The number of nitrogens with zero attached hydrogens (tertiary/aromatic N) is 1. The summed E-state index contributed by atoms with van der Waals surface area (Å²) < 4.78 is 0. The highest BCUT2D eigenvalue weighted by Crippen LogP contribution is 2.15. The van der Waals surface area contributed by atoms with Crippen LogP contribution >= 0.6 is 11.6 Å². The number of carboxylic acid groups (broad SMARTS) is 1. The van der Waals surface area contributed by atoms with Crippen molar-refractivity contribution in [2.24, 2.45) is 0 Å². The van der Waals surface area contributed by atoms with E-state index in [0.717, 1.165) is 6.42 Å². The molecule has 0 unspecified atom stereocenters. The van der Waals surface area contributed by atoms with Crippen molar-refractivity contribution in [3.63, 3.8) is 0 Å². The van der Waals surface area contributed by atoms with Crippen LogP contribution in [0.25, 0.3) is 0 Å². The molecule has 0 atom stereocenters. The number of aromatic nitrogens is 1. The highest BCUT2D eigenvalue weighted by atomic mass is 35.5. The van der Waals surface area contributed by atoms with Crippen LogP contribution < -0.4 is 0 Å². The van der Waals surface area contributed by atoms with E-state index in [1.807, 2.05) is 12.3 Å². The van der Waals surface area contributed by atoms with Crippen molar-refractivity contribution in [2.75, 3.05) is 0 Å². The third kappa shape index (κ3) is 2.55. The molecule has 0 saturated carbocycles. The Labute approximate surface area is 68.6 Å². The van der Waals surface area contributed by atoms with Crippen molar-refractivity contribution in [3.05, 3.63) is 29.6 Å². The molecular formula is C7H6ClNO2. The highest BCUT2D eigenvalue weighted by molar-refractivity contribution is 6.60. The second-order valence-electron chi connectivity index (χ2n) is 2.09. The second kappa shape index (κ2) is 3.34. The third-order valence-electron chi connectivity index (χ3n) is 1.27. The predicted molar refractivity (Wildman–Crippen MR) is 40.9 cm³/mol. The first-order valence-electron chi connectivity index (χ1n) is 3.00. The minimum Gasteiger partial charge on any atom is -0.469 e. The molecule has 3 nitrogen and oxygen atoms in total. The summed E-state index contributed by atoms with van der Waals surface area (Å²) in [5.41, 5.74) is 1.29. The normalized spacial score (nSPS) is 10.6. The number of carbonyl (C=O) groups is 1. The summed E-state index contributed by atoms with van der Waals surface area (Å²) in [5, 5.41) is 7.18. The van der Waals surface area contributed by atoms with Crippen LogP contribution in [0.1, 0.15) is 11.3 Å². The summed E-state index contributed by atoms with van der Waals surface area (Å²) in [5.74, 6) is 0. The van der Waals surface area contributed by atoms with Gasteiger partial charge in [0, 0.05) is 29.9 Å². The van der Waals surface area contributed by atoms with Gasteiger partial charge in [0.05, 0.1) is 0 Å². The van der Waals surface area contributed by atoms with Crippen LogP contribution in [0, 0.1) is 0 Å². The van der Waals surface area contributed by atoms with E-state index in [9.17, 15) is 0 Å². The zero-order chi connectivity index (χ0) is 8.27. The van der Waals surface area contributed by atoms with Crippen molar-refractivity contribution in [1.82, 2.24) is 4.98 Å². The van der Waals surface area contributed by atoms with E-state index in [1.165, 1.54) is 11.3 Å². The maximum atomic E-state index is 8.77. The van der Waals surface area contributed by atoms with Gasteiger partial charge in [0.15, 0.2) is 0 Å². The summed E-state index contributed by atoms with van der Waals surface area (Å²) in [4.78, 5) is 12.8. The molecule has 3 rings (SSSR count). The Morgan fingerprint density at radius 3 is 2.36 bits per heavy atom. The van der Waals surface area contributed by atoms with Gasteiger partial charge in [-0.1, -0.05) is 0 Å². The van der Waals surface area contributed by atoms with E-state index in [1.54, 1.807) is 0 Å². The molecule has 0 spiro atoms. The van der Waals surface area contributed by atoms with Gasteiger partial charge in [0.1, 0.15) is 0 Å². The molecular weight excluding hydrogens is 166 g/mol. The monoisotopic (exact) mass is 171 g/mol. The van der Waals surface area contributed by atoms with Gasteiger partial charge < -0.3 is 5.11 Å². The molecule has 1 aromatic rings. The van der Waals surface area contributed by atoms with Crippen molar-refractivity contribution in [3.8, 4) is 0 Å². The van der Waals surface area contributed by atoms with E-state index in [4.69, 9.17) is 9.90 Å². The van der Waals surface area contributed by atoms with Gasteiger partial charge in [-0.15, -0.1) is 0 Å². The van der Waals surface area contributed by atoms with Gasteiger partial charge in [-0.05, 0) is 17.7 Å². The summed E-state index contributed by atoms with van der Waals surface area (Å²) in [6.07, 6.45) is 2.96. The van der Waals surface area contributed by atoms with Crippen molar-refractivity contribution < 1.29 is 9.90 Å². The van der Waals surface area contributed by atoms with Crippen molar-refractivity contribution in [2.45, 2.75) is 6.42 Å². The number of halogens is 1. The molecule has 2 aliphatic rings. The SMILES string of the molecule is O=C(O)Cl.c1cc2cc(n1)C2. The lowest BCUT2D eigenvalue weighted by Crippen LogP contribution is -2.01. The fourth-order valence-electron chi connectivity index (χ4n) is 0.813. The van der Waals surface area contributed by atoms with Gasteiger partial charge in [-0.3, -0.25) is 4.98 Å². The average Bonchev–Trinajstić information content (AvgIpc) is 1.86. The fourth-order valence-corrected chi connectivity index (χ4v) is 0.813. The summed E-state index contributed by atoms with van der Waals surface area (Å²) in [6, 6.07) is 4.16. The number of rotatable bonds is 0. The Bertz CT molecular complexity index is 246. The van der Waals surface area contributed by atoms with Crippen molar-refractivity contribution in [1.29, 1.82) is 0 Å². The van der Waals surface area contributed by atoms with Crippen LogP contribution in [-0.4, -0.2) is 15.5 Å². The lowest BCUT2D eigenvalue weighted by atomic mass is 10.0. The minimum absolute atomic E-state index is 1.11. The van der Waals surface area contributed by atoms with Crippen LogP contribution in [0.3, 0.4) is 0 Å². The minimum atomic E-state index is -1.36. The Morgan fingerprint density at radius 2 is 2.27 bits per heavy atom. The standard InChI is InChI=1S/C6H5N.CHClO2/c1-2-7-6-3-5(1)4-6;2-1(3)4/h1-3H,4H2;(H,3,4). The molecule has 2 heterocycles. The Balaban J connectivity index is 0.000000134. The van der Waals surface area contributed by atoms with Gasteiger partial charge in [-0.25, -0.2) is 4.79 Å². The third-order valence-corrected chi connectivity index (χ3v) is 1.27. The number of pyridine rings is 1. The summed E-state index contributed by atoms with van der Waals surface area (Å²) in [7, 11) is 0. The lowest BCUT2D eigenvalue weighted by molar-refractivity contribution is 0.220. The molecule has 1 N–H and O–H groups in total. The van der Waals surface area contributed by atoms with E-state index < -0.39 is 5.43 Å². The van der Waals surface area contributed by atoms with E-state index in [2.05, 4.69) is 22.7 Å². The molecule has 1 aliphatic heterocycles. The maximum absolute atomic E-state index is 8.77. The number of hydrogen-bond acceptors (Lipinski definition) is 2. The molecule has 0 radical (unpaired) electrons. The first kappa shape index (κ1) is 8.01. The summed E-state index contributed by atoms with van der Waals surface area (Å²) >= 11 is 4.19. The van der Waals surface area contributed by atoms with Crippen molar-refractivity contribution >= 4 is 17.0 Å². The van der Waals surface area contributed by atoms with Crippen LogP contribution in [0.15, 0.2) is 18.3 Å². The molecule has 1 aliphatic carbocycles. The van der Waals surface area contributed by atoms with Crippen LogP contribution in [0.5, 0.6) is 0 Å². The largest absolute Gasteiger partial charge is 0.469 e. The number of hydrogen-bond donors (Lipinski definition) is 1. The van der Waals surface area contributed by atoms with Gasteiger partial charge >= 0.3 is 5.43 Å². The lowest BCUT2D eigenvalue weighted by Gasteiger charge is -2.10. The zero-order valence-corrected chi connectivity index (χ0v) is 6.38. The predicted octanol–water partition coefficient (Wildman–Crippen LogP) is 1.89. The van der Waals surface area contributed by atoms with E-state index in [0.29, 0.717) is 0 Å². The molecule has 4 heteroatoms. The molecule has 0 saturated heterocycles. The summed E-state index contributed by atoms with van der Waals surface area (Å²) in [6.45, 7) is 0. The fraction of sp³-hybridized carbons (Fsp3) is 0.143. The molecule has 11 heavy (non-hydrogen) atoms. The van der Waals surface area contributed by atoms with Crippen LogP contribution in [0.4, 0.5) is 4.79 Å². The first-order chi connectivity index (χ1) is 5.18. The molecule has 0 aromatic carbocycles. The quantitative estimate of drug-likeness (QED) is 0.616. The smallest absolute Gasteiger partial charge is 0.401 e. The number of fused-ring (bicyclic) bond motifs is 2. The van der Waals surface area contributed by atoms with Gasteiger partial charge in [0.25, 0.3) is 0 Å². The molecule has 2 bridgehead atoms. The molecule has 0 amide bonds. The Kier molecular flexibility index (Phi) is 2.44. The maximum Gasteiger partial charge on any atom is 0.401 e. The van der Waals surface area contributed by atoms with E-state index in [-0.39, 0.29) is 0 Å². The van der Waals surface area contributed by atoms with E-state index >= 15 is 0 Å². The van der Waals surface area contributed by atoms with Crippen LogP contribution in [-0.2, 0) is 6.42 Å². The average molecular weight is 172 g/mol. The zero-order valence-electron chi connectivity index (χ0n) is 5.62. The topological polar surface area (TPSA) is 50.2 Å². The van der Waals surface area contributed by atoms with Gasteiger partial charge in [0.2, 0.25) is 0 Å². The Morgan fingerprint density at radius 1 is 1.73 bits per heavy atom. The first-order valence-corrected chi connectivity index (χ1v) is 3.38.